The summed E-state index contributed by atoms with van der Waals surface area (Å²) in [6, 6.07) is 11.7. The molecule has 1 aromatic heterocycles. The lowest BCUT2D eigenvalue weighted by Gasteiger charge is -2.43. The average Bonchev–Trinajstić information content (AvgIpc) is 2.68. The van der Waals surface area contributed by atoms with E-state index in [1.807, 2.05) is 22.8 Å². The first-order chi connectivity index (χ1) is 13.2. The first kappa shape index (κ1) is 16.6. The van der Waals surface area contributed by atoms with Gasteiger partial charge < -0.3 is 14.0 Å². The molecule has 3 aliphatic heterocycles. The normalized spacial score (nSPS) is 23.7. The summed E-state index contributed by atoms with van der Waals surface area (Å²) in [6.45, 7) is 4.41. The van der Waals surface area contributed by atoms with E-state index in [2.05, 4.69) is 23.1 Å². The summed E-state index contributed by atoms with van der Waals surface area (Å²) in [5.74, 6) is 2.63. The molecule has 0 N–H and O–H groups in total. The van der Waals surface area contributed by atoms with Gasteiger partial charge in [-0.3, -0.25) is 9.69 Å². The molecule has 0 saturated carbocycles. The third kappa shape index (κ3) is 2.96. The second-order valence-corrected chi connectivity index (χ2v) is 7.86. The Morgan fingerprint density at radius 3 is 2.93 bits per heavy atom. The Balaban J connectivity index is 1.36. The van der Waals surface area contributed by atoms with Gasteiger partial charge in [0.2, 0.25) is 0 Å². The number of rotatable bonds is 3. The lowest BCUT2D eigenvalue weighted by molar-refractivity contribution is 0.126. The zero-order chi connectivity index (χ0) is 18.4. The van der Waals surface area contributed by atoms with Gasteiger partial charge in [-0.15, -0.1) is 0 Å². The van der Waals surface area contributed by atoms with Crippen molar-refractivity contribution >= 4 is 6.08 Å². The van der Waals surface area contributed by atoms with Crippen LogP contribution in [0, 0.1) is 5.92 Å². The van der Waals surface area contributed by atoms with Crippen LogP contribution >= 0.6 is 0 Å². The van der Waals surface area contributed by atoms with Crippen molar-refractivity contribution in [3.05, 3.63) is 63.6 Å². The summed E-state index contributed by atoms with van der Waals surface area (Å²) in [5, 5.41) is 0. The summed E-state index contributed by atoms with van der Waals surface area (Å²) in [4.78, 5) is 14.7. The van der Waals surface area contributed by atoms with E-state index in [9.17, 15) is 4.79 Å². The molecule has 5 heteroatoms. The SMILES string of the molecule is COc1cccc2c1OCC(CN1CC3CC(C1)c1cccc(=O)n1C3)=C2. The van der Waals surface area contributed by atoms with Gasteiger partial charge in [-0.1, -0.05) is 18.2 Å². The monoisotopic (exact) mass is 364 g/mol. The molecular formula is C22H24N2O3. The number of likely N-dealkylation sites (tertiary alicyclic amines) is 1. The van der Waals surface area contributed by atoms with Crippen molar-refractivity contribution in [2.24, 2.45) is 5.92 Å². The van der Waals surface area contributed by atoms with Crippen LogP contribution < -0.4 is 15.0 Å². The van der Waals surface area contributed by atoms with Gasteiger partial charge in [0.1, 0.15) is 6.61 Å². The van der Waals surface area contributed by atoms with Crippen molar-refractivity contribution in [1.29, 1.82) is 0 Å². The summed E-state index contributed by atoms with van der Waals surface area (Å²) < 4.78 is 13.4. The van der Waals surface area contributed by atoms with E-state index in [0.29, 0.717) is 18.4 Å². The maximum atomic E-state index is 12.2. The lowest BCUT2D eigenvalue weighted by atomic mass is 9.83. The molecule has 2 unspecified atom stereocenters. The predicted octanol–water partition coefficient (Wildman–Crippen LogP) is 2.75. The second kappa shape index (κ2) is 6.57. The molecule has 27 heavy (non-hydrogen) atoms. The number of methoxy groups -OCH3 is 1. The molecule has 1 saturated heterocycles. The van der Waals surface area contributed by atoms with Crippen LogP contribution in [0.15, 0.2) is 46.8 Å². The fourth-order valence-corrected chi connectivity index (χ4v) is 4.89. The quantitative estimate of drug-likeness (QED) is 0.840. The number of para-hydroxylation sites is 1. The number of piperidine rings is 1. The van der Waals surface area contributed by atoms with Crippen molar-refractivity contribution in [1.82, 2.24) is 9.47 Å². The van der Waals surface area contributed by atoms with Gasteiger partial charge >= 0.3 is 0 Å². The van der Waals surface area contributed by atoms with E-state index in [0.717, 1.165) is 43.2 Å². The van der Waals surface area contributed by atoms with Crippen LogP contribution in [0.4, 0.5) is 0 Å². The molecule has 3 aliphatic rings. The van der Waals surface area contributed by atoms with Gasteiger partial charge in [0.05, 0.1) is 7.11 Å². The highest BCUT2D eigenvalue weighted by Gasteiger charge is 2.34. The zero-order valence-electron chi connectivity index (χ0n) is 15.6. The zero-order valence-corrected chi connectivity index (χ0v) is 15.6. The molecule has 2 atom stereocenters. The summed E-state index contributed by atoms with van der Waals surface area (Å²) in [7, 11) is 1.67. The van der Waals surface area contributed by atoms with E-state index in [-0.39, 0.29) is 5.56 Å². The van der Waals surface area contributed by atoms with Crippen molar-refractivity contribution < 1.29 is 9.47 Å². The highest BCUT2D eigenvalue weighted by molar-refractivity contribution is 5.66. The number of nitrogens with zero attached hydrogens (tertiary/aromatic N) is 2. The molecule has 1 aromatic carbocycles. The van der Waals surface area contributed by atoms with E-state index >= 15 is 0 Å². The Morgan fingerprint density at radius 1 is 1.15 bits per heavy atom. The van der Waals surface area contributed by atoms with Crippen molar-refractivity contribution in [2.45, 2.75) is 18.9 Å². The predicted molar refractivity (Wildman–Crippen MR) is 104 cm³/mol. The maximum Gasteiger partial charge on any atom is 0.250 e. The van der Waals surface area contributed by atoms with E-state index in [1.54, 1.807) is 13.2 Å². The number of ether oxygens (including phenoxy) is 2. The first-order valence-electron chi connectivity index (χ1n) is 9.62. The molecule has 5 nitrogen and oxygen atoms in total. The summed E-state index contributed by atoms with van der Waals surface area (Å²) in [6.07, 6.45) is 3.43. The van der Waals surface area contributed by atoms with Gasteiger partial charge in [-0.2, -0.15) is 0 Å². The average molecular weight is 364 g/mol. The van der Waals surface area contributed by atoms with Crippen LogP contribution in [0.1, 0.15) is 23.6 Å². The molecule has 4 heterocycles. The molecule has 1 fully saturated rings. The number of hydrogen-bond acceptors (Lipinski definition) is 4. The number of hydrogen-bond donors (Lipinski definition) is 0. The minimum atomic E-state index is 0.143. The van der Waals surface area contributed by atoms with Crippen LogP contribution in [0.2, 0.25) is 0 Å². The summed E-state index contributed by atoms with van der Waals surface area (Å²) >= 11 is 0. The Morgan fingerprint density at radius 2 is 2.04 bits per heavy atom. The Labute approximate surface area is 158 Å². The van der Waals surface area contributed by atoms with Gasteiger partial charge in [0.25, 0.3) is 5.56 Å². The van der Waals surface area contributed by atoms with Gasteiger partial charge in [-0.05, 0) is 36.1 Å². The Kier molecular flexibility index (Phi) is 4.05. The molecule has 0 aliphatic carbocycles. The van der Waals surface area contributed by atoms with Crippen LogP contribution in [0.25, 0.3) is 6.08 Å². The Bertz CT molecular complexity index is 962. The molecule has 2 bridgehead atoms. The molecular weight excluding hydrogens is 340 g/mol. The smallest absolute Gasteiger partial charge is 0.250 e. The van der Waals surface area contributed by atoms with E-state index in [1.165, 1.54) is 17.7 Å². The molecule has 2 aromatic rings. The van der Waals surface area contributed by atoms with Crippen molar-refractivity contribution in [3.8, 4) is 11.5 Å². The molecule has 0 amide bonds. The fourth-order valence-electron chi connectivity index (χ4n) is 4.89. The number of benzene rings is 1. The van der Waals surface area contributed by atoms with Crippen LogP contribution in [-0.4, -0.2) is 42.8 Å². The third-order valence-electron chi connectivity index (χ3n) is 5.97. The molecule has 0 radical (unpaired) electrons. The summed E-state index contributed by atoms with van der Waals surface area (Å²) in [5.41, 5.74) is 3.72. The minimum absolute atomic E-state index is 0.143. The molecule has 140 valence electrons. The fraction of sp³-hybridized carbons (Fsp3) is 0.409. The van der Waals surface area contributed by atoms with Crippen LogP contribution in [0.5, 0.6) is 11.5 Å². The minimum Gasteiger partial charge on any atom is -0.493 e. The van der Waals surface area contributed by atoms with Gasteiger partial charge in [0, 0.05) is 49.4 Å². The highest BCUT2D eigenvalue weighted by Crippen LogP contribution is 2.37. The van der Waals surface area contributed by atoms with Crippen LogP contribution in [-0.2, 0) is 6.54 Å². The lowest BCUT2D eigenvalue weighted by Crippen LogP contribution is -2.47. The largest absolute Gasteiger partial charge is 0.493 e. The van der Waals surface area contributed by atoms with Gasteiger partial charge in [0.15, 0.2) is 11.5 Å². The standard InChI is InChI=1S/C22H24N2O3/c1-26-20-6-2-4-17-9-16(14-27-22(17)20)11-23-10-15-8-18(13-23)19-5-3-7-21(25)24(19)12-15/h2-7,9,15,18H,8,10-14H2,1H3. The molecule has 5 rings (SSSR count). The topological polar surface area (TPSA) is 43.7 Å². The van der Waals surface area contributed by atoms with Crippen molar-refractivity contribution in [2.75, 3.05) is 33.4 Å². The highest BCUT2D eigenvalue weighted by atomic mass is 16.5. The Hall–Kier alpha value is -2.53. The number of pyridine rings is 1. The maximum absolute atomic E-state index is 12.2. The number of aromatic nitrogens is 1. The van der Waals surface area contributed by atoms with Crippen LogP contribution in [0.3, 0.4) is 0 Å². The number of fused-ring (bicyclic) bond motifs is 5. The van der Waals surface area contributed by atoms with Crippen molar-refractivity contribution in [3.63, 3.8) is 0 Å². The van der Waals surface area contributed by atoms with E-state index < -0.39 is 0 Å². The van der Waals surface area contributed by atoms with Gasteiger partial charge in [-0.25, -0.2) is 0 Å². The second-order valence-electron chi connectivity index (χ2n) is 7.86. The first-order valence-corrected chi connectivity index (χ1v) is 9.62. The third-order valence-corrected chi connectivity index (χ3v) is 5.97. The van der Waals surface area contributed by atoms with E-state index in [4.69, 9.17) is 9.47 Å². The molecule has 0 spiro atoms.